The predicted octanol–water partition coefficient (Wildman–Crippen LogP) is 5.75. The van der Waals surface area contributed by atoms with Crippen molar-refractivity contribution in [3.8, 4) is 11.8 Å². The summed E-state index contributed by atoms with van der Waals surface area (Å²) in [6.45, 7) is 6.64. The topological polar surface area (TPSA) is 35.0 Å². The zero-order chi connectivity index (χ0) is 17.3. The highest BCUT2D eigenvalue weighted by Crippen LogP contribution is 2.36. The van der Waals surface area contributed by atoms with Crippen molar-refractivity contribution in [3.05, 3.63) is 45.7 Å². The number of halogens is 3. The molecule has 2 rings (SSSR count). The van der Waals surface area contributed by atoms with E-state index in [4.69, 9.17) is 4.74 Å². The van der Waals surface area contributed by atoms with Crippen LogP contribution in [0.2, 0.25) is 0 Å². The quantitative estimate of drug-likeness (QED) is 0.237. The van der Waals surface area contributed by atoms with Crippen molar-refractivity contribution in [1.29, 1.82) is 0 Å². The van der Waals surface area contributed by atoms with E-state index in [0.29, 0.717) is 6.61 Å². The lowest BCUT2D eigenvalue weighted by Crippen LogP contribution is -2.09. The fraction of sp³-hybridized carbons (Fsp3) is 0.375. The summed E-state index contributed by atoms with van der Waals surface area (Å²) in [4.78, 5) is 8.56. The number of rotatable bonds is 4. The Morgan fingerprint density at radius 2 is 1.96 bits per heavy atom. The van der Waals surface area contributed by atoms with Gasteiger partial charge in [0.2, 0.25) is -0.379 Å². The van der Waals surface area contributed by atoms with Gasteiger partial charge in [-0.05, 0) is 98.7 Å². The predicted molar refractivity (Wildman–Crippen MR) is 123 cm³/mol. The maximum Gasteiger partial charge on any atom is 0.220 e. The molecule has 3 nitrogen and oxygen atoms in total. The number of pyridine rings is 1. The molecule has 0 saturated carbocycles. The average Bonchev–Trinajstić information content (AvgIpc) is 2.92. The van der Waals surface area contributed by atoms with Crippen LogP contribution in [-0.4, -0.2) is 16.2 Å². The molecule has 0 bridgehead atoms. The molecule has 0 N–H and O–H groups in total. The Bertz CT molecular complexity index is 672. The second-order valence-electron chi connectivity index (χ2n) is 4.13. The summed E-state index contributed by atoms with van der Waals surface area (Å²) < 4.78 is 5.50. The highest BCUT2D eigenvalue weighted by atomic mass is 127. The van der Waals surface area contributed by atoms with Crippen LogP contribution in [0.15, 0.2) is 23.8 Å². The molecular weight excluding hydrogens is 649 g/mol. The first kappa shape index (κ1) is 21.5. The lowest BCUT2D eigenvalue weighted by Gasteiger charge is -2.13. The molecule has 124 valence electrons. The monoisotopic (exact) mass is 666 g/mol. The fourth-order valence-corrected chi connectivity index (χ4v) is 2.74. The van der Waals surface area contributed by atoms with Crippen LogP contribution in [0.4, 0.5) is 0 Å². The third-order valence-corrected chi connectivity index (χ3v) is 4.11. The summed E-state index contributed by atoms with van der Waals surface area (Å²) in [6, 6.07) is 2.05. The summed E-state index contributed by atoms with van der Waals surface area (Å²) in [5.74, 6) is 6.17. The molecule has 0 aromatic carbocycles. The van der Waals surface area contributed by atoms with Crippen LogP contribution in [0.25, 0.3) is 0 Å². The number of alkyl halides is 3. The standard InChI is InChI=1S/C14H11I3N2OS.C2H6/c1-10-19-13(9-21-10)3-2-11-6-12(8-18-7-11)4-5-20-14(15,16)17;1-2/h6-9H,4-5H2,1H3;1-2H3. The molecule has 7 heteroatoms. The van der Waals surface area contributed by atoms with Gasteiger partial charge in [0.1, 0.15) is 5.69 Å². The number of nitrogens with zero attached hydrogens (tertiary/aromatic N) is 2. The van der Waals surface area contributed by atoms with E-state index < -0.39 is 0 Å². The fourth-order valence-electron chi connectivity index (χ4n) is 1.53. The molecule has 2 heterocycles. The molecule has 0 unspecified atom stereocenters. The molecule has 0 aliphatic rings. The first-order valence-corrected chi connectivity index (χ1v) is 11.1. The van der Waals surface area contributed by atoms with Gasteiger partial charge < -0.3 is 4.74 Å². The number of ether oxygens (including phenoxy) is 1. The van der Waals surface area contributed by atoms with Gasteiger partial charge in [-0.3, -0.25) is 4.98 Å². The lowest BCUT2D eigenvalue weighted by molar-refractivity contribution is 0.175. The van der Waals surface area contributed by atoms with E-state index in [0.717, 1.165) is 28.2 Å². The molecule has 23 heavy (non-hydrogen) atoms. The van der Waals surface area contributed by atoms with Crippen molar-refractivity contribution < 1.29 is 4.74 Å². The third kappa shape index (κ3) is 9.52. The summed E-state index contributed by atoms with van der Waals surface area (Å²) in [5, 5.41) is 3.00. The summed E-state index contributed by atoms with van der Waals surface area (Å²) >= 11 is 8.37. The number of hydrogen-bond donors (Lipinski definition) is 0. The second-order valence-corrected chi connectivity index (χ2v) is 15.9. The molecule has 0 radical (unpaired) electrons. The van der Waals surface area contributed by atoms with E-state index in [9.17, 15) is 0 Å². The normalized spacial score (nSPS) is 10.3. The van der Waals surface area contributed by atoms with E-state index in [2.05, 4.69) is 95.6 Å². The highest BCUT2D eigenvalue weighted by Gasteiger charge is 2.16. The minimum Gasteiger partial charge on any atom is -0.347 e. The third-order valence-electron chi connectivity index (χ3n) is 2.41. The Morgan fingerprint density at radius 1 is 1.22 bits per heavy atom. The van der Waals surface area contributed by atoms with Crippen LogP contribution in [0.3, 0.4) is 0 Å². The molecule has 0 fully saturated rings. The maximum atomic E-state index is 5.69. The second kappa shape index (κ2) is 11.2. The average molecular weight is 666 g/mol. The van der Waals surface area contributed by atoms with Crippen LogP contribution < -0.4 is 0 Å². The van der Waals surface area contributed by atoms with Crippen LogP contribution in [-0.2, 0) is 11.2 Å². The van der Waals surface area contributed by atoms with Crippen LogP contribution >= 0.6 is 79.1 Å². The maximum absolute atomic E-state index is 5.69. The van der Waals surface area contributed by atoms with Crippen molar-refractivity contribution in [2.45, 2.75) is 26.8 Å². The van der Waals surface area contributed by atoms with Crippen LogP contribution in [0.1, 0.15) is 35.7 Å². The van der Waals surface area contributed by atoms with Crippen molar-refractivity contribution in [3.63, 3.8) is 0 Å². The Kier molecular flexibility index (Phi) is 10.5. The molecule has 0 atom stereocenters. The first-order valence-electron chi connectivity index (χ1n) is 7.01. The molecule has 0 amide bonds. The van der Waals surface area contributed by atoms with Crippen LogP contribution in [0.5, 0.6) is 0 Å². The van der Waals surface area contributed by atoms with Gasteiger partial charge in [0.25, 0.3) is 0 Å². The van der Waals surface area contributed by atoms with E-state index in [1.165, 1.54) is 0 Å². The molecule has 2 aromatic rings. The molecule has 0 saturated heterocycles. The van der Waals surface area contributed by atoms with Gasteiger partial charge >= 0.3 is 0 Å². The van der Waals surface area contributed by atoms with Crippen molar-refractivity contribution >= 4 is 79.1 Å². The summed E-state index contributed by atoms with van der Waals surface area (Å²) in [6.07, 6.45) is 4.46. The summed E-state index contributed by atoms with van der Waals surface area (Å²) in [5.41, 5.74) is 2.85. The first-order chi connectivity index (χ1) is 10.9. The molecule has 0 aliphatic heterocycles. The number of hydrogen-bond acceptors (Lipinski definition) is 4. The number of thiazole rings is 1. The van der Waals surface area contributed by atoms with Crippen molar-refractivity contribution in [1.82, 2.24) is 9.97 Å². The SMILES string of the molecule is CC.Cc1nc(C#Cc2cncc(CCOC(I)(I)I)c2)cs1. The Labute approximate surface area is 182 Å². The minimum atomic E-state index is -0.194. The van der Waals surface area contributed by atoms with Gasteiger partial charge in [-0.1, -0.05) is 19.8 Å². The van der Waals surface area contributed by atoms with Crippen molar-refractivity contribution in [2.75, 3.05) is 6.61 Å². The van der Waals surface area contributed by atoms with E-state index in [-0.39, 0.29) is -0.379 Å². The van der Waals surface area contributed by atoms with Gasteiger partial charge in [-0.25, -0.2) is 4.98 Å². The molecule has 0 aliphatic carbocycles. The zero-order valence-corrected chi connectivity index (χ0v) is 20.4. The molecule has 2 aromatic heterocycles. The number of aromatic nitrogens is 2. The number of aryl methyl sites for hydroxylation is 1. The smallest absolute Gasteiger partial charge is 0.220 e. The molecule has 0 spiro atoms. The van der Waals surface area contributed by atoms with Crippen LogP contribution in [0, 0.1) is 18.8 Å². The highest BCUT2D eigenvalue weighted by molar-refractivity contribution is 14.3. The van der Waals surface area contributed by atoms with E-state index in [1.807, 2.05) is 32.3 Å². The van der Waals surface area contributed by atoms with Gasteiger partial charge in [0.05, 0.1) is 11.6 Å². The van der Waals surface area contributed by atoms with Gasteiger partial charge in [0, 0.05) is 23.3 Å². The Balaban J connectivity index is 0.00000127. The van der Waals surface area contributed by atoms with Gasteiger partial charge in [-0.2, -0.15) is 0 Å². The lowest BCUT2D eigenvalue weighted by atomic mass is 10.1. The Morgan fingerprint density at radius 3 is 2.57 bits per heavy atom. The van der Waals surface area contributed by atoms with E-state index in [1.54, 1.807) is 17.5 Å². The summed E-state index contributed by atoms with van der Waals surface area (Å²) in [7, 11) is 0. The zero-order valence-electron chi connectivity index (χ0n) is 13.1. The van der Waals surface area contributed by atoms with Gasteiger partial charge in [0.15, 0.2) is 0 Å². The molecular formula is C16H17I3N2OS. The Hall–Kier alpha value is 0.490. The minimum absolute atomic E-state index is 0.194. The van der Waals surface area contributed by atoms with E-state index >= 15 is 0 Å². The largest absolute Gasteiger partial charge is 0.347 e. The van der Waals surface area contributed by atoms with Crippen molar-refractivity contribution in [2.24, 2.45) is 0 Å². The van der Waals surface area contributed by atoms with Gasteiger partial charge in [-0.15, -0.1) is 11.3 Å².